The Balaban J connectivity index is 1.56. The van der Waals surface area contributed by atoms with Crippen molar-refractivity contribution in [1.82, 2.24) is 24.4 Å². The van der Waals surface area contributed by atoms with Crippen LogP contribution in [0.3, 0.4) is 0 Å². The van der Waals surface area contributed by atoms with Crippen molar-refractivity contribution in [3.8, 4) is 0 Å². The van der Waals surface area contributed by atoms with Gasteiger partial charge >= 0.3 is 0 Å². The summed E-state index contributed by atoms with van der Waals surface area (Å²) in [5.41, 5.74) is 7.56. The highest BCUT2D eigenvalue weighted by atomic mass is 16.5. The Labute approximate surface area is 148 Å². The molecule has 0 aliphatic carbocycles. The van der Waals surface area contributed by atoms with Gasteiger partial charge in [-0.15, -0.1) is 0 Å². The Hall–Kier alpha value is -1.93. The molecule has 0 saturated carbocycles. The first-order valence-electron chi connectivity index (χ1n) is 9.20. The molecular formula is C17H27N7O. The van der Waals surface area contributed by atoms with Crippen molar-refractivity contribution < 1.29 is 4.74 Å². The second kappa shape index (κ2) is 6.76. The Morgan fingerprint density at radius 1 is 1.12 bits per heavy atom. The number of piperidine rings is 1. The van der Waals surface area contributed by atoms with Crippen LogP contribution in [0.25, 0.3) is 11.2 Å². The number of aromatic nitrogens is 4. The van der Waals surface area contributed by atoms with Gasteiger partial charge in [-0.3, -0.25) is 9.47 Å². The molecule has 0 spiro atoms. The molecule has 0 amide bonds. The molecule has 0 atom stereocenters. The van der Waals surface area contributed by atoms with Crippen molar-refractivity contribution in [3.63, 3.8) is 0 Å². The SMILES string of the molecule is CC(C)n1c(N2CCC(N3CCOCC3)CC2)nc2c(N)ncnc21. The fourth-order valence-corrected chi connectivity index (χ4v) is 3.99. The molecule has 4 heterocycles. The summed E-state index contributed by atoms with van der Waals surface area (Å²) >= 11 is 0. The second-order valence-electron chi connectivity index (χ2n) is 7.17. The molecule has 2 aliphatic heterocycles. The van der Waals surface area contributed by atoms with Crippen LogP contribution in [-0.2, 0) is 4.74 Å². The quantitative estimate of drug-likeness (QED) is 0.897. The first-order valence-corrected chi connectivity index (χ1v) is 9.20. The van der Waals surface area contributed by atoms with E-state index in [2.05, 4.69) is 38.2 Å². The van der Waals surface area contributed by atoms with Crippen LogP contribution in [0, 0.1) is 0 Å². The summed E-state index contributed by atoms with van der Waals surface area (Å²) in [6.45, 7) is 10.2. The summed E-state index contributed by atoms with van der Waals surface area (Å²) in [6.07, 6.45) is 3.83. The van der Waals surface area contributed by atoms with Crippen LogP contribution in [0.15, 0.2) is 6.33 Å². The minimum atomic E-state index is 0.270. The Morgan fingerprint density at radius 2 is 1.84 bits per heavy atom. The van der Waals surface area contributed by atoms with Gasteiger partial charge in [0.25, 0.3) is 0 Å². The van der Waals surface area contributed by atoms with Crippen LogP contribution in [-0.4, -0.2) is 69.9 Å². The Kier molecular flexibility index (Phi) is 4.47. The molecule has 25 heavy (non-hydrogen) atoms. The van der Waals surface area contributed by atoms with Crippen LogP contribution in [0.5, 0.6) is 0 Å². The second-order valence-corrected chi connectivity index (χ2v) is 7.17. The summed E-state index contributed by atoms with van der Waals surface area (Å²) in [7, 11) is 0. The van der Waals surface area contributed by atoms with Crippen LogP contribution >= 0.6 is 0 Å². The van der Waals surface area contributed by atoms with Gasteiger partial charge in [-0.2, -0.15) is 0 Å². The van der Waals surface area contributed by atoms with Crippen molar-refractivity contribution in [2.24, 2.45) is 0 Å². The number of fused-ring (bicyclic) bond motifs is 1. The number of anilines is 2. The van der Waals surface area contributed by atoms with E-state index < -0.39 is 0 Å². The number of nitrogens with zero attached hydrogens (tertiary/aromatic N) is 6. The average molecular weight is 345 g/mol. The Bertz CT molecular complexity index is 730. The number of nitrogens with two attached hydrogens (primary N) is 1. The summed E-state index contributed by atoms with van der Waals surface area (Å²) in [5.74, 6) is 1.42. The highest BCUT2D eigenvalue weighted by Crippen LogP contribution is 2.30. The molecule has 136 valence electrons. The van der Waals surface area contributed by atoms with Crippen molar-refractivity contribution in [1.29, 1.82) is 0 Å². The third kappa shape index (κ3) is 3.04. The zero-order chi connectivity index (χ0) is 17.4. The number of morpholine rings is 1. The van der Waals surface area contributed by atoms with Crippen molar-refractivity contribution in [2.75, 3.05) is 50.0 Å². The fourth-order valence-electron chi connectivity index (χ4n) is 3.99. The Morgan fingerprint density at radius 3 is 2.52 bits per heavy atom. The predicted octanol–water partition coefficient (Wildman–Crippen LogP) is 1.29. The zero-order valence-electron chi connectivity index (χ0n) is 15.1. The van der Waals surface area contributed by atoms with E-state index in [0.29, 0.717) is 17.4 Å². The minimum absolute atomic E-state index is 0.270. The number of hydrogen-bond acceptors (Lipinski definition) is 7. The lowest BCUT2D eigenvalue weighted by molar-refractivity contribution is 0.0114. The molecule has 0 radical (unpaired) electrons. The molecule has 2 aromatic rings. The van der Waals surface area contributed by atoms with Gasteiger partial charge in [-0.1, -0.05) is 0 Å². The van der Waals surface area contributed by atoms with E-state index >= 15 is 0 Å². The molecular weight excluding hydrogens is 318 g/mol. The standard InChI is InChI=1S/C17H27N7O/c1-12(2)24-16-14(15(18)19-11-20-16)21-17(24)23-5-3-13(4-6-23)22-7-9-25-10-8-22/h11-13H,3-10H2,1-2H3,(H2,18,19,20). The first kappa shape index (κ1) is 16.5. The highest BCUT2D eigenvalue weighted by Gasteiger charge is 2.29. The third-order valence-corrected chi connectivity index (χ3v) is 5.31. The molecule has 0 bridgehead atoms. The maximum Gasteiger partial charge on any atom is 0.208 e. The lowest BCUT2D eigenvalue weighted by Crippen LogP contribution is -2.49. The van der Waals surface area contributed by atoms with Gasteiger partial charge in [-0.25, -0.2) is 15.0 Å². The number of hydrogen-bond donors (Lipinski definition) is 1. The minimum Gasteiger partial charge on any atom is -0.382 e. The van der Waals surface area contributed by atoms with Gasteiger partial charge < -0.3 is 15.4 Å². The lowest BCUT2D eigenvalue weighted by Gasteiger charge is -2.40. The van der Waals surface area contributed by atoms with E-state index in [-0.39, 0.29) is 6.04 Å². The number of ether oxygens (including phenoxy) is 1. The molecule has 2 saturated heterocycles. The third-order valence-electron chi connectivity index (χ3n) is 5.31. The summed E-state index contributed by atoms with van der Waals surface area (Å²) in [5, 5.41) is 0. The van der Waals surface area contributed by atoms with E-state index in [9.17, 15) is 0 Å². The molecule has 2 N–H and O–H groups in total. The molecule has 8 heteroatoms. The molecule has 8 nitrogen and oxygen atoms in total. The van der Waals surface area contributed by atoms with E-state index in [1.807, 2.05) is 0 Å². The van der Waals surface area contributed by atoms with Crippen LogP contribution in [0.1, 0.15) is 32.7 Å². The maximum absolute atomic E-state index is 6.02. The number of rotatable bonds is 3. The zero-order valence-corrected chi connectivity index (χ0v) is 15.1. The van der Waals surface area contributed by atoms with Crippen molar-refractivity contribution in [2.45, 2.75) is 38.8 Å². The van der Waals surface area contributed by atoms with E-state index in [4.69, 9.17) is 15.5 Å². The lowest BCUT2D eigenvalue weighted by atomic mass is 10.0. The maximum atomic E-state index is 6.02. The summed E-state index contributed by atoms with van der Waals surface area (Å²) < 4.78 is 7.66. The molecule has 2 aliphatic rings. The fraction of sp³-hybridized carbons (Fsp3) is 0.706. The molecule has 0 aromatic carbocycles. The van der Waals surface area contributed by atoms with Crippen LogP contribution < -0.4 is 10.6 Å². The van der Waals surface area contributed by atoms with E-state index in [1.54, 1.807) is 0 Å². The monoisotopic (exact) mass is 345 g/mol. The largest absolute Gasteiger partial charge is 0.382 e. The van der Waals surface area contributed by atoms with E-state index in [0.717, 1.165) is 63.8 Å². The van der Waals surface area contributed by atoms with Crippen LogP contribution in [0.4, 0.5) is 11.8 Å². The smallest absolute Gasteiger partial charge is 0.208 e. The predicted molar refractivity (Wildman–Crippen MR) is 97.7 cm³/mol. The average Bonchev–Trinajstić information content (AvgIpc) is 3.04. The summed E-state index contributed by atoms with van der Waals surface area (Å²) in [4.78, 5) is 18.3. The van der Waals surface area contributed by atoms with Gasteiger partial charge in [0.1, 0.15) is 6.33 Å². The van der Waals surface area contributed by atoms with Crippen molar-refractivity contribution >= 4 is 22.9 Å². The van der Waals surface area contributed by atoms with Gasteiger partial charge in [0, 0.05) is 38.3 Å². The normalized spacial score (nSPS) is 20.7. The van der Waals surface area contributed by atoms with Crippen molar-refractivity contribution in [3.05, 3.63) is 6.33 Å². The molecule has 2 aromatic heterocycles. The van der Waals surface area contributed by atoms with Gasteiger partial charge in [-0.05, 0) is 26.7 Å². The summed E-state index contributed by atoms with van der Waals surface area (Å²) in [6, 6.07) is 0.924. The topological polar surface area (TPSA) is 85.3 Å². The number of nitrogen functional groups attached to an aromatic ring is 1. The molecule has 2 fully saturated rings. The highest BCUT2D eigenvalue weighted by molar-refractivity contribution is 5.84. The van der Waals surface area contributed by atoms with Gasteiger partial charge in [0.2, 0.25) is 5.95 Å². The van der Waals surface area contributed by atoms with Gasteiger partial charge in [0.05, 0.1) is 13.2 Å². The van der Waals surface area contributed by atoms with Gasteiger partial charge in [0.15, 0.2) is 17.0 Å². The number of imidazole rings is 1. The van der Waals surface area contributed by atoms with Crippen LogP contribution in [0.2, 0.25) is 0 Å². The molecule has 0 unspecified atom stereocenters. The molecule has 4 rings (SSSR count). The first-order chi connectivity index (χ1) is 12.1. The van der Waals surface area contributed by atoms with E-state index in [1.165, 1.54) is 6.33 Å².